The molecule has 1 unspecified atom stereocenters. The number of amides is 1. The highest BCUT2D eigenvalue weighted by Gasteiger charge is 2.42. The Bertz CT molecular complexity index is 369. The Morgan fingerprint density at radius 3 is 2.58 bits per heavy atom. The second-order valence-electron chi connectivity index (χ2n) is 2.93. The van der Waals surface area contributed by atoms with Crippen LogP contribution in [0.1, 0.15) is 12.8 Å². The van der Waals surface area contributed by atoms with Gasteiger partial charge in [-0.3, -0.25) is 9.35 Å². The number of rotatable bonds is 1. The molecule has 5 nitrogen and oxygen atoms in total. The van der Waals surface area contributed by atoms with Crippen LogP contribution in [0, 0.1) is 0 Å². The number of β-lactam (4-membered cyclic amide) rings is 1. The molecule has 0 bridgehead atoms. The van der Waals surface area contributed by atoms with Gasteiger partial charge < -0.3 is 4.90 Å². The van der Waals surface area contributed by atoms with Crippen molar-refractivity contribution >= 4 is 16.0 Å². The lowest BCUT2D eigenvalue weighted by atomic mass is 10.0. The van der Waals surface area contributed by atoms with Gasteiger partial charge in [0.15, 0.2) is 0 Å². The quantitative estimate of drug-likeness (QED) is 0.454. The minimum Gasteiger partial charge on any atom is -0.314 e. The molecule has 1 N–H and O–H groups in total. The highest BCUT2D eigenvalue weighted by Crippen LogP contribution is 2.34. The van der Waals surface area contributed by atoms with Crippen LogP contribution in [-0.4, -0.2) is 29.8 Å². The van der Waals surface area contributed by atoms with Crippen molar-refractivity contribution in [1.82, 2.24) is 4.90 Å². The summed E-state index contributed by atoms with van der Waals surface area (Å²) in [6.07, 6.45) is 1.85. The van der Waals surface area contributed by atoms with Crippen LogP contribution < -0.4 is 0 Å². The van der Waals surface area contributed by atoms with Crippen molar-refractivity contribution < 1.29 is 17.8 Å². The first-order valence-electron chi connectivity index (χ1n) is 3.48. The maximum absolute atomic E-state index is 10.8. The predicted octanol–water partition coefficient (Wildman–Crippen LogP) is -0.280. The molecular formula is C6H7NO4S. The maximum atomic E-state index is 10.8. The Hall–Kier alpha value is -0.880. The van der Waals surface area contributed by atoms with Gasteiger partial charge in [-0.1, -0.05) is 0 Å². The molecule has 6 heteroatoms. The summed E-state index contributed by atoms with van der Waals surface area (Å²) >= 11 is 0. The summed E-state index contributed by atoms with van der Waals surface area (Å²) in [5.74, 6) is -0.0846. The lowest BCUT2D eigenvalue weighted by Crippen LogP contribution is -2.45. The monoisotopic (exact) mass is 189 g/mol. The number of carbonyl (C=O) groups is 1. The standard InChI is InChI=1S/C6H7NO4S/c8-6-2-4-1-5(3-7(4)6)12(9,10)11/h3-4H,1-2H2,(H,9,10,11). The van der Waals surface area contributed by atoms with Gasteiger partial charge in [0.25, 0.3) is 10.1 Å². The van der Waals surface area contributed by atoms with Crippen LogP contribution in [0.4, 0.5) is 0 Å². The summed E-state index contributed by atoms with van der Waals surface area (Å²) in [5, 5.41) is 0. The molecule has 0 aromatic heterocycles. The van der Waals surface area contributed by atoms with E-state index in [1.807, 2.05) is 0 Å². The SMILES string of the molecule is O=C1CC2CC(S(=O)(=O)O)=CN12. The van der Waals surface area contributed by atoms with Crippen LogP contribution in [0.2, 0.25) is 0 Å². The van der Waals surface area contributed by atoms with Crippen molar-refractivity contribution in [2.24, 2.45) is 0 Å². The molecule has 1 fully saturated rings. The zero-order valence-electron chi connectivity index (χ0n) is 6.10. The molecule has 0 aromatic carbocycles. The molecule has 2 heterocycles. The Morgan fingerprint density at radius 2 is 2.17 bits per heavy atom. The third-order valence-electron chi connectivity index (χ3n) is 2.14. The van der Waals surface area contributed by atoms with Crippen LogP contribution in [0.15, 0.2) is 11.1 Å². The Morgan fingerprint density at radius 1 is 1.50 bits per heavy atom. The normalized spacial score (nSPS) is 28.1. The van der Waals surface area contributed by atoms with Crippen molar-refractivity contribution in [1.29, 1.82) is 0 Å². The average molecular weight is 189 g/mol. The zero-order chi connectivity index (χ0) is 8.93. The van der Waals surface area contributed by atoms with Gasteiger partial charge in [-0.05, 0) is 0 Å². The zero-order valence-corrected chi connectivity index (χ0v) is 6.91. The fourth-order valence-corrected chi connectivity index (χ4v) is 2.11. The van der Waals surface area contributed by atoms with Gasteiger partial charge in [0.1, 0.15) is 0 Å². The molecule has 1 saturated heterocycles. The number of nitrogens with zero attached hydrogens (tertiary/aromatic N) is 1. The van der Waals surface area contributed by atoms with Crippen LogP contribution >= 0.6 is 0 Å². The van der Waals surface area contributed by atoms with Crippen molar-refractivity contribution in [3.05, 3.63) is 11.1 Å². The van der Waals surface area contributed by atoms with Gasteiger partial charge in [-0.25, -0.2) is 0 Å². The van der Waals surface area contributed by atoms with E-state index in [1.54, 1.807) is 0 Å². The molecule has 1 amide bonds. The third kappa shape index (κ3) is 0.953. The second-order valence-corrected chi connectivity index (χ2v) is 4.41. The summed E-state index contributed by atoms with van der Waals surface area (Å²) in [5.41, 5.74) is 0. The Balaban J connectivity index is 2.29. The van der Waals surface area contributed by atoms with Gasteiger partial charge in [0.05, 0.1) is 4.91 Å². The molecule has 1 atom stereocenters. The minimum absolute atomic E-state index is 0.0329. The number of hydrogen-bond donors (Lipinski definition) is 1. The first-order valence-corrected chi connectivity index (χ1v) is 4.92. The molecule has 2 aliphatic heterocycles. The Labute approximate surface area is 69.4 Å². The van der Waals surface area contributed by atoms with E-state index in [0.29, 0.717) is 6.42 Å². The number of carbonyl (C=O) groups excluding carboxylic acids is 1. The van der Waals surface area contributed by atoms with E-state index >= 15 is 0 Å². The molecule has 0 radical (unpaired) electrons. The summed E-state index contributed by atoms with van der Waals surface area (Å²) in [6, 6.07) is -0.0329. The van der Waals surface area contributed by atoms with Crippen molar-refractivity contribution in [3.8, 4) is 0 Å². The second kappa shape index (κ2) is 2.08. The number of fused-ring (bicyclic) bond motifs is 1. The topological polar surface area (TPSA) is 74.7 Å². The molecule has 12 heavy (non-hydrogen) atoms. The van der Waals surface area contributed by atoms with E-state index in [9.17, 15) is 13.2 Å². The molecule has 0 saturated carbocycles. The molecule has 66 valence electrons. The molecule has 0 spiro atoms. The van der Waals surface area contributed by atoms with E-state index in [-0.39, 0.29) is 23.3 Å². The fourth-order valence-electron chi connectivity index (χ4n) is 1.46. The summed E-state index contributed by atoms with van der Waals surface area (Å²) in [6.45, 7) is 0. The third-order valence-corrected chi connectivity index (χ3v) is 3.08. The fraction of sp³-hybridized carbons (Fsp3) is 0.500. The average Bonchev–Trinajstić information content (AvgIpc) is 2.24. The molecule has 2 aliphatic rings. The van der Waals surface area contributed by atoms with E-state index in [4.69, 9.17) is 4.55 Å². The van der Waals surface area contributed by atoms with Crippen LogP contribution in [0.5, 0.6) is 0 Å². The van der Waals surface area contributed by atoms with Gasteiger partial charge in [-0.15, -0.1) is 0 Å². The first-order chi connectivity index (χ1) is 5.48. The van der Waals surface area contributed by atoms with Gasteiger partial charge in [0.2, 0.25) is 5.91 Å². The Kier molecular flexibility index (Phi) is 1.34. The maximum Gasteiger partial charge on any atom is 0.292 e. The highest BCUT2D eigenvalue weighted by atomic mass is 32.2. The largest absolute Gasteiger partial charge is 0.314 e. The highest BCUT2D eigenvalue weighted by molar-refractivity contribution is 7.89. The van der Waals surface area contributed by atoms with Crippen LogP contribution in [0.3, 0.4) is 0 Å². The molecule has 0 aromatic rings. The van der Waals surface area contributed by atoms with E-state index in [2.05, 4.69) is 0 Å². The van der Waals surface area contributed by atoms with Crippen molar-refractivity contribution in [2.45, 2.75) is 18.9 Å². The van der Waals surface area contributed by atoms with E-state index in [1.165, 1.54) is 11.1 Å². The minimum atomic E-state index is -4.08. The van der Waals surface area contributed by atoms with Crippen LogP contribution in [0.25, 0.3) is 0 Å². The summed E-state index contributed by atoms with van der Waals surface area (Å²) < 4.78 is 29.8. The van der Waals surface area contributed by atoms with Crippen LogP contribution in [-0.2, 0) is 14.9 Å². The van der Waals surface area contributed by atoms with Gasteiger partial charge >= 0.3 is 0 Å². The summed E-state index contributed by atoms with van der Waals surface area (Å²) in [7, 11) is -4.08. The van der Waals surface area contributed by atoms with Gasteiger partial charge in [0, 0.05) is 25.1 Å². The van der Waals surface area contributed by atoms with Gasteiger partial charge in [-0.2, -0.15) is 8.42 Å². The van der Waals surface area contributed by atoms with Crippen molar-refractivity contribution in [2.75, 3.05) is 0 Å². The molecule has 2 rings (SSSR count). The molecule has 0 aliphatic carbocycles. The molecular weight excluding hydrogens is 182 g/mol. The lowest BCUT2D eigenvalue weighted by molar-refractivity contribution is -0.140. The van der Waals surface area contributed by atoms with E-state index < -0.39 is 10.1 Å². The first kappa shape index (κ1) is 7.75. The summed E-state index contributed by atoms with van der Waals surface area (Å²) in [4.78, 5) is 12.1. The van der Waals surface area contributed by atoms with E-state index in [0.717, 1.165) is 0 Å². The van der Waals surface area contributed by atoms with Crippen molar-refractivity contribution in [3.63, 3.8) is 0 Å². The number of hydrogen-bond acceptors (Lipinski definition) is 3. The smallest absolute Gasteiger partial charge is 0.292 e. The lowest BCUT2D eigenvalue weighted by Gasteiger charge is -2.32. The predicted molar refractivity (Wildman–Crippen MR) is 39.5 cm³/mol.